The number of benzene rings is 2. The molecule has 0 aliphatic carbocycles. The fourth-order valence-electron chi connectivity index (χ4n) is 3.33. The molecule has 1 atom stereocenters. The first-order chi connectivity index (χ1) is 15.7. The van der Waals surface area contributed by atoms with Gasteiger partial charge in [-0.1, -0.05) is 63.0 Å². The Balaban J connectivity index is 2.25. The molecular formula is C25H31BrCl2N2O3. The summed E-state index contributed by atoms with van der Waals surface area (Å²) in [6, 6.07) is 10.3. The number of halogens is 3. The van der Waals surface area contributed by atoms with Crippen LogP contribution in [0.25, 0.3) is 0 Å². The molecule has 0 radical (unpaired) electrons. The summed E-state index contributed by atoms with van der Waals surface area (Å²) in [5.74, 6) is 0.448. The van der Waals surface area contributed by atoms with Crippen LogP contribution in [0, 0.1) is 0 Å². The molecule has 180 valence electrons. The zero-order chi connectivity index (χ0) is 24.5. The van der Waals surface area contributed by atoms with E-state index < -0.39 is 6.04 Å². The SMILES string of the molecule is CCCNC(=O)[C@@H](CC)N(Cc1ccc(Cl)cc1Cl)C(=O)COc1ccc(C(C)C)cc1Br. The van der Waals surface area contributed by atoms with Crippen molar-refractivity contribution in [2.75, 3.05) is 13.2 Å². The second kappa shape index (κ2) is 13.2. The van der Waals surface area contributed by atoms with Crippen molar-refractivity contribution in [1.82, 2.24) is 10.2 Å². The third kappa shape index (κ3) is 7.90. The first-order valence-electron chi connectivity index (χ1n) is 11.1. The van der Waals surface area contributed by atoms with Crippen LogP contribution < -0.4 is 10.1 Å². The van der Waals surface area contributed by atoms with Gasteiger partial charge >= 0.3 is 0 Å². The predicted octanol–water partition coefficient (Wildman–Crippen LogP) is 6.59. The number of carbonyl (C=O) groups is 2. The number of nitrogens with zero attached hydrogens (tertiary/aromatic N) is 1. The molecule has 0 fully saturated rings. The molecule has 1 N–H and O–H groups in total. The summed E-state index contributed by atoms with van der Waals surface area (Å²) in [4.78, 5) is 27.7. The molecule has 0 aliphatic heterocycles. The Hall–Kier alpha value is -1.76. The Morgan fingerprint density at radius 3 is 2.42 bits per heavy atom. The predicted molar refractivity (Wildman–Crippen MR) is 138 cm³/mol. The zero-order valence-electron chi connectivity index (χ0n) is 19.5. The number of rotatable bonds is 11. The number of amides is 2. The lowest BCUT2D eigenvalue weighted by Gasteiger charge is -2.31. The van der Waals surface area contributed by atoms with Crippen LogP contribution in [0.1, 0.15) is 57.6 Å². The van der Waals surface area contributed by atoms with Crippen molar-refractivity contribution >= 4 is 50.9 Å². The Morgan fingerprint density at radius 1 is 1.12 bits per heavy atom. The number of carbonyl (C=O) groups excluding carboxylic acids is 2. The van der Waals surface area contributed by atoms with E-state index in [1.54, 1.807) is 18.2 Å². The van der Waals surface area contributed by atoms with Crippen molar-refractivity contribution in [3.05, 3.63) is 62.0 Å². The lowest BCUT2D eigenvalue weighted by molar-refractivity contribution is -0.143. The van der Waals surface area contributed by atoms with Crippen LogP contribution in [0.15, 0.2) is 40.9 Å². The van der Waals surface area contributed by atoms with Crippen LogP contribution in [0.5, 0.6) is 5.75 Å². The van der Waals surface area contributed by atoms with Crippen molar-refractivity contribution in [2.24, 2.45) is 0 Å². The molecule has 2 aromatic carbocycles. The molecule has 0 aliphatic rings. The van der Waals surface area contributed by atoms with Gasteiger partial charge in [-0.15, -0.1) is 0 Å². The van der Waals surface area contributed by atoms with Gasteiger partial charge in [-0.2, -0.15) is 0 Å². The van der Waals surface area contributed by atoms with Gasteiger partial charge in [0.2, 0.25) is 5.91 Å². The van der Waals surface area contributed by atoms with E-state index in [1.807, 2.05) is 32.0 Å². The van der Waals surface area contributed by atoms with Crippen LogP contribution in [-0.4, -0.2) is 35.9 Å². The molecule has 2 rings (SSSR count). The van der Waals surface area contributed by atoms with Gasteiger partial charge in [0.25, 0.3) is 5.91 Å². The molecule has 2 aromatic rings. The summed E-state index contributed by atoms with van der Waals surface area (Å²) in [5, 5.41) is 3.84. The van der Waals surface area contributed by atoms with E-state index in [-0.39, 0.29) is 25.0 Å². The molecule has 8 heteroatoms. The highest BCUT2D eigenvalue weighted by atomic mass is 79.9. The third-order valence-electron chi connectivity index (χ3n) is 5.26. The monoisotopic (exact) mass is 556 g/mol. The third-order valence-corrected chi connectivity index (χ3v) is 6.47. The second-order valence-corrected chi connectivity index (χ2v) is 9.80. The molecule has 5 nitrogen and oxygen atoms in total. The molecule has 0 saturated carbocycles. The van der Waals surface area contributed by atoms with Crippen molar-refractivity contribution in [1.29, 1.82) is 0 Å². The average molecular weight is 558 g/mol. The number of hydrogen-bond acceptors (Lipinski definition) is 3. The molecule has 33 heavy (non-hydrogen) atoms. The summed E-state index contributed by atoms with van der Waals surface area (Å²) in [7, 11) is 0. The summed E-state index contributed by atoms with van der Waals surface area (Å²) < 4.78 is 6.61. The van der Waals surface area contributed by atoms with E-state index >= 15 is 0 Å². The van der Waals surface area contributed by atoms with E-state index in [0.29, 0.717) is 40.2 Å². The van der Waals surface area contributed by atoms with Crippen LogP contribution in [-0.2, 0) is 16.1 Å². The highest BCUT2D eigenvalue weighted by Gasteiger charge is 2.29. The van der Waals surface area contributed by atoms with Crippen LogP contribution >= 0.6 is 39.1 Å². The maximum absolute atomic E-state index is 13.3. The van der Waals surface area contributed by atoms with E-state index in [0.717, 1.165) is 10.9 Å². The van der Waals surface area contributed by atoms with E-state index in [1.165, 1.54) is 10.5 Å². The van der Waals surface area contributed by atoms with Gasteiger partial charge in [0, 0.05) is 23.1 Å². The molecule has 0 heterocycles. The first kappa shape index (κ1) is 27.5. The minimum absolute atomic E-state index is 0.170. The Morgan fingerprint density at radius 2 is 1.85 bits per heavy atom. The first-order valence-corrected chi connectivity index (χ1v) is 12.7. The molecule has 0 spiro atoms. The van der Waals surface area contributed by atoms with Gasteiger partial charge in [-0.05, 0) is 70.1 Å². The molecule has 0 aromatic heterocycles. The highest BCUT2D eigenvalue weighted by Crippen LogP contribution is 2.29. The summed E-state index contributed by atoms with van der Waals surface area (Å²) in [6.45, 7) is 8.59. The van der Waals surface area contributed by atoms with Gasteiger partial charge in [-0.3, -0.25) is 9.59 Å². The van der Waals surface area contributed by atoms with Gasteiger partial charge < -0.3 is 15.0 Å². The maximum atomic E-state index is 13.3. The molecular weight excluding hydrogens is 527 g/mol. The topological polar surface area (TPSA) is 58.6 Å². The lowest BCUT2D eigenvalue weighted by atomic mass is 10.0. The number of ether oxygens (including phenoxy) is 1. The van der Waals surface area contributed by atoms with E-state index in [4.69, 9.17) is 27.9 Å². The second-order valence-electron chi connectivity index (χ2n) is 8.11. The maximum Gasteiger partial charge on any atom is 0.261 e. The lowest BCUT2D eigenvalue weighted by Crippen LogP contribution is -2.50. The van der Waals surface area contributed by atoms with Crippen LogP contribution in [0.4, 0.5) is 0 Å². The van der Waals surface area contributed by atoms with Crippen molar-refractivity contribution in [2.45, 2.75) is 59.0 Å². The average Bonchev–Trinajstić information content (AvgIpc) is 2.77. The fraction of sp³-hybridized carbons (Fsp3) is 0.440. The minimum atomic E-state index is -0.647. The number of nitrogens with one attached hydrogen (secondary N) is 1. The van der Waals surface area contributed by atoms with Gasteiger partial charge in [0.1, 0.15) is 11.8 Å². The molecule has 0 bridgehead atoms. The standard InChI is InChI=1S/C25H31BrCl2N2O3/c1-5-11-29-25(32)22(6-2)30(14-18-7-9-19(27)13-21(18)28)24(31)15-33-23-10-8-17(16(3)4)12-20(23)26/h7-10,12-13,16,22H,5-6,11,14-15H2,1-4H3,(H,29,32)/t22-/m1/s1. The van der Waals surface area contributed by atoms with Crippen molar-refractivity contribution in [3.8, 4) is 5.75 Å². The summed E-state index contributed by atoms with van der Waals surface area (Å²) in [5.41, 5.74) is 1.87. The highest BCUT2D eigenvalue weighted by molar-refractivity contribution is 9.10. The fourth-order valence-corrected chi connectivity index (χ4v) is 4.31. The van der Waals surface area contributed by atoms with E-state index in [2.05, 4.69) is 35.1 Å². The smallest absolute Gasteiger partial charge is 0.261 e. The molecule has 0 saturated heterocycles. The molecule has 0 unspecified atom stereocenters. The zero-order valence-corrected chi connectivity index (χ0v) is 22.6. The molecule has 2 amide bonds. The Kier molecular flexibility index (Phi) is 11.0. The van der Waals surface area contributed by atoms with E-state index in [9.17, 15) is 9.59 Å². The number of hydrogen-bond donors (Lipinski definition) is 1. The van der Waals surface area contributed by atoms with Crippen LogP contribution in [0.3, 0.4) is 0 Å². The van der Waals surface area contributed by atoms with Crippen molar-refractivity contribution in [3.63, 3.8) is 0 Å². The normalized spacial score (nSPS) is 11.9. The summed E-state index contributed by atoms with van der Waals surface area (Å²) >= 11 is 15.9. The summed E-state index contributed by atoms with van der Waals surface area (Å²) in [6.07, 6.45) is 1.27. The van der Waals surface area contributed by atoms with Crippen molar-refractivity contribution < 1.29 is 14.3 Å². The Labute approximate surface area is 214 Å². The van der Waals surface area contributed by atoms with Gasteiger partial charge in [0.05, 0.1) is 4.47 Å². The van der Waals surface area contributed by atoms with Gasteiger partial charge in [0.15, 0.2) is 6.61 Å². The van der Waals surface area contributed by atoms with Gasteiger partial charge in [-0.25, -0.2) is 0 Å². The van der Waals surface area contributed by atoms with Crippen LogP contribution in [0.2, 0.25) is 10.0 Å². The largest absolute Gasteiger partial charge is 0.483 e. The minimum Gasteiger partial charge on any atom is -0.483 e. The quantitative estimate of drug-likeness (QED) is 0.339. The Bertz CT molecular complexity index is 969.